The summed E-state index contributed by atoms with van der Waals surface area (Å²) in [7, 11) is 1.60. The van der Waals surface area contributed by atoms with E-state index in [0.29, 0.717) is 24.6 Å². The number of methoxy groups -OCH3 is 1. The van der Waals surface area contributed by atoms with Gasteiger partial charge in [-0.1, -0.05) is 18.2 Å². The largest absolute Gasteiger partial charge is 0.497 e. The zero-order valence-corrected chi connectivity index (χ0v) is 15.5. The van der Waals surface area contributed by atoms with Gasteiger partial charge in [-0.3, -0.25) is 14.7 Å². The third-order valence-corrected chi connectivity index (χ3v) is 4.08. The van der Waals surface area contributed by atoms with Crippen LogP contribution in [-0.2, 0) is 4.79 Å². The van der Waals surface area contributed by atoms with Gasteiger partial charge in [-0.2, -0.15) is 5.10 Å². The van der Waals surface area contributed by atoms with Crippen LogP contribution >= 0.6 is 0 Å². The Kier molecular flexibility index (Phi) is 6.46. The highest BCUT2D eigenvalue weighted by atomic mass is 16.5. The van der Waals surface area contributed by atoms with Crippen molar-refractivity contribution in [2.75, 3.05) is 26.8 Å². The van der Waals surface area contributed by atoms with E-state index in [9.17, 15) is 9.59 Å². The summed E-state index contributed by atoms with van der Waals surface area (Å²) in [5.74, 6) is 0.984. The molecule has 2 amide bonds. The second-order valence-corrected chi connectivity index (χ2v) is 6.00. The molecule has 0 bridgehead atoms. The lowest BCUT2D eigenvalue weighted by atomic mass is 10.2. The molecule has 0 aliphatic heterocycles. The number of aromatic nitrogens is 2. The molecule has 3 N–H and O–H groups in total. The Balaban J connectivity index is 1.33. The lowest BCUT2D eigenvalue weighted by Crippen LogP contribution is -2.32. The van der Waals surface area contributed by atoms with Crippen LogP contribution in [0.4, 0.5) is 0 Å². The van der Waals surface area contributed by atoms with E-state index >= 15 is 0 Å². The molecule has 0 aliphatic carbocycles. The van der Waals surface area contributed by atoms with Gasteiger partial charge in [-0.25, -0.2) is 0 Å². The monoisotopic (exact) mass is 382 g/mol. The van der Waals surface area contributed by atoms with Crippen molar-refractivity contribution in [3.63, 3.8) is 0 Å². The average Bonchev–Trinajstić information content (AvgIpc) is 3.16. The number of carbonyl (C=O) groups is 2. The average molecular weight is 382 g/mol. The highest BCUT2D eigenvalue weighted by Gasteiger charge is 2.13. The van der Waals surface area contributed by atoms with E-state index in [0.717, 1.165) is 16.7 Å². The maximum Gasteiger partial charge on any atom is 0.272 e. The summed E-state index contributed by atoms with van der Waals surface area (Å²) in [6.07, 6.45) is 0.177. The number of H-pyrrole nitrogens is 1. The third-order valence-electron chi connectivity index (χ3n) is 4.08. The zero-order chi connectivity index (χ0) is 19.8. The van der Waals surface area contributed by atoms with Crippen molar-refractivity contribution in [1.29, 1.82) is 0 Å². The molecule has 3 aromatic rings. The van der Waals surface area contributed by atoms with E-state index < -0.39 is 0 Å². The Morgan fingerprint density at radius 3 is 2.54 bits per heavy atom. The first-order valence-electron chi connectivity index (χ1n) is 8.92. The molecule has 0 atom stereocenters. The van der Waals surface area contributed by atoms with E-state index in [1.807, 2.05) is 24.3 Å². The summed E-state index contributed by atoms with van der Waals surface area (Å²) in [4.78, 5) is 24.1. The van der Waals surface area contributed by atoms with Crippen LogP contribution in [0.1, 0.15) is 16.9 Å². The van der Waals surface area contributed by atoms with Gasteiger partial charge in [0.15, 0.2) is 5.69 Å². The molecule has 146 valence electrons. The van der Waals surface area contributed by atoms with Gasteiger partial charge in [-0.05, 0) is 30.3 Å². The highest BCUT2D eigenvalue weighted by Crippen LogP contribution is 2.16. The predicted molar refractivity (Wildman–Crippen MR) is 105 cm³/mol. The lowest BCUT2D eigenvalue weighted by Gasteiger charge is -2.08. The van der Waals surface area contributed by atoms with Crippen LogP contribution in [0.3, 0.4) is 0 Å². The fourth-order valence-electron chi connectivity index (χ4n) is 2.63. The fraction of sp³-hybridized carbons (Fsp3) is 0.250. The van der Waals surface area contributed by atoms with E-state index in [-0.39, 0.29) is 24.8 Å². The molecule has 8 nitrogen and oxygen atoms in total. The quantitative estimate of drug-likeness (QED) is 0.490. The summed E-state index contributed by atoms with van der Waals surface area (Å²) >= 11 is 0. The van der Waals surface area contributed by atoms with Crippen LogP contribution in [0.2, 0.25) is 0 Å². The second kappa shape index (κ2) is 9.40. The number of aromatic amines is 1. The van der Waals surface area contributed by atoms with E-state index in [2.05, 4.69) is 20.8 Å². The van der Waals surface area contributed by atoms with Crippen LogP contribution < -0.4 is 20.1 Å². The van der Waals surface area contributed by atoms with Crippen LogP contribution in [0.5, 0.6) is 11.5 Å². The molecule has 28 heavy (non-hydrogen) atoms. The normalized spacial score (nSPS) is 10.5. The topological polar surface area (TPSA) is 105 Å². The Morgan fingerprint density at radius 1 is 1.00 bits per heavy atom. The maximum absolute atomic E-state index is 12.2. The predicted octanol–water partition coefficient (Wildman–Crippen LogP) is 1.89. The van der Waals surface area contributed by atoms with Gasteiger partial charge in [0, 0.05) is 18.4 Å². The highest BCUT2D eigenvalue weighted by molar-refractivity contribution is 6.04. The Hall–Kier alpha value is -3.55. The number of nitrogens with zero attached hydrogens (tertiary/aromatic N) is 1. The van der Waals surface area contributed by atoms with E-state index in [4.69, 9.17) is 9.47 Å². The van der Waals surface area contributed by atoms with Crippen LogP contribution in [-0.4, -0.2) is 48.8 Å². The smallest absolute Gasteiger partial charge is 0.272 e. The molecule has 0 saturated heterocycles. The number of benzene rings is 2. The standard InChI is InChI=1S/C20H22N4O4/c1-27-14-6-8-15(9-7-14)28-13-12-21-18(25)10-11-22-20(26)19-16-4-2-3-5-17(16)23-24-19/h2-9H,10-13H2,1H3,(H,21,25)(H,22,26)(H,23,24). The van der Waals surface area contributed by atoms with Gasteiger partial charge in [-0.15, -0.1) is 0 Å². The summed E-state index contributed by atoms with van der Waals surface area (Å²) in [6, 6.07) is 14.6. The van der Waals surface area contributed by atoms with Crippen molar-refractivity contribution >= 4 is 22.7 Å². The number of carbonyl (C=O) groups excluding carboxylic acids is 2. The number of hydrogen-bond donors (Lipinski definition) is 3. The van der Waals surface area contributed by atoms with Gasteiger partial charge < -0.3 is 20.1 Å². The number of rotatable bonds is 9. The third kappa shape index (κ3) is 5.00. The van der Waals surface area contributed by atoms with Crippen LogP contribution in [0.15, 0.2) is 48.5 Å². The summed E-state index contributed by atoms with van der Waals surface area (Å²) in [5, 5.41) is 13.1. The zero-order valence-electron chi connectivity index (χ0n) is 15.5. The Labute approximate surface area is 162 Å². The molecule has 0 unspecified atom stereocenters. The number of fused-ring (bicyclic) bond motifs is 1. The minimum Gasteiger partial charge on any atom is -0.497 e. The van der Waals surface area contributed by atoms with Crippen LogP contribution in [0.25, 0.3) is 10.9 Å². The van der Waals surface area contributed by atoms with Crippen molar-refractivity contribution in [2.24, 2.45) is 0 Å². The summed E-state index contributed by atoms with van der Waals surface area (Å²) in [5.41, 5.74) is 1.12. The first-order chi connectivity index (χ1) is 13.7. The van der Waals surface area contributed by atoms with Crippen molar-refractivity contribution in [3.05, 3.63) is 54.2 Å². The molecule has 0 spiro atoms. The van der Waals surface area contributed by atoms with Gasteiger partial charge in [0.2, 0.25) is 5.91 Å². The molecular weight excluding hydrogens is 360 g/mol. The molecule has 0 radical (unpaired) electrons. The van der Waals surface area contributed by atoms with Crippen molar-refractivity contribution in [1.82, 2.24) is 20.8 Å². The minimum atomic E-state index is -0.312. The van der Waals surface area contributed by atoms with Crippen LogP contribution in [0, 0.1) is 0 Å². The molecule has 1 aromatic heterocycles. The lowest BCUT2D eigenvalue weighted by molar-refractivity contribution is -0.121. The number of hydrogen-bond acceptors (Lipinski definition) is 5. The Morgan fingerprint density at radius 2 is 1.75 bits per heavy atom. The van der Waals surface area contributed by atoms with Gasteiger partial charge in [0.1, 0.15) is 18.1 Å². The molecule has 8 heteroatoms. The molecule has 0 aliphatic rings. The number of para-hydroxylation sites is 1. The Bertz CT molecular complexity index is 937. The first-order valence-corrected chi connectivity index (χ1v) is 8.92. The molecule has 1 heterocycles. The molecule has 2 aromatic carbocycles. The number of nitrogens with one attached hydrogen (secondary N) is 3. The summed E-state index contributed by atoms with van der Waals surface area (Å²) in [6.45, 7) is 0.956. The van der Waals surface area contributed by atoms with Crippen molar-refractivity contribution in [3.8, 4) is 11.5 Å². The molecule has 0 fully saturated rings. The minimum absolute atomic E-state index is 0.162. The summed E-state index contributed by atoms with van der Waals surface area (Å²) < 4.78 is 10.6. The van der Waals surface area contributed by atoms with Crippen molar-refractivity contribution < 1.29 is 19.1 Å². The second-order valence-electron chi connectivity index (χ2n) is 6.00. The first kappa shape index (κ1) is 19.2. The SMILES string of the molecule is COc1ccc(OCCNC(=O)CCNC(=O)c2n[nH]c3ccccc23)cc1. The fourth-order valence-corrected chi connectivity index (χ4v) is 2.63. The molecular formula is C20H22N4O4. The maximum atomic E-state index is 12.2. The van der Waals surface area contributed by atoms with Gasteiger partial charge in [0.25, 0.3) is 5.91 Å². The molecule has 3 rings (SSSR count). The van der Waals surface area contributed by atoms with Gasteiger partial charge in [0.05, 0.1) is 19.2 Å². The molecule has 0 saturated carbocycles. The van der Waals surface area contributed by atoms with Gasteiger partial charge >= 0.3 is 0 Å². The number of ether oxygens (including phenoxy) is 2. The van der Waals surface area contributed by atoms with Crippen molar-refractivity contribution in [2.45, 2.75) is 6.42 Å². The van der Waals surface area contributed by atoms with E-state index in [1.165, 1.54) is 0 Å². The van der Waals surface area contributed by atoms with E-state index in [1.54, 1.807) is 31.4 Å². The number of amides is 2.